The van der Waals surface area contributed by atoms with E-state index in [4.69, 9.17) is 0 Å². The second-order valence-corrected chi connectivity index (χ2v) is 2.52. The summed E-state index contributed by atoms with van der Waals surface area (Å²) in [5.41, 5.74) is 0. The molecule has 3 heteroatoms. The van der Waals surface area contributed by atoms with E-state index in [1.165, 1.54) is 0 Å². The highest BCUT2D eigenvalue weighted by Crippen LogP contribution is 2.15. The van der Waals surface area contributed by atoms with Crippen LogP contribution in [-0.2, 0) is 0 Å². The molecular formula is C6H13FN2. The predicted octanol–water partition coefficient (Wildman–Crippen LogP) is 0.205. The standard InChI is InChI=1S/C6H13FN2/c1-8-6-5(7)3-4-9(6)2/h5-6,8H,3-4H2,1-2H3/t5?,6-/m1/s1. The van der Waals surface area contributed by atoms with Gasteiger partial charge >= 0.3 is 0 Å². The van der Waals surface area contributed by atoms with Crippen LogP contribution in [0.1, 0.15) is 6.42 Å². The molecule has 0 aromatic heterocycles. The Morgan fingerprint density at radius 3 is 2.56 bits per heavy atom. The van der Waals surface area contributed by atoms with E-state index >= 15 is 0 Å². The van der Waals surface area contributed by atoms with Crippen LogP contribution in [0.2, 0.25) is 0 Å². The minimum Gasteiger partial charge on any atom is -0.302 e. The first-order chi connectivity index (χ1) is 4.25. The second kappa shape index (κ2) is 2.62. The zero-order valence-electron chi connectivity index (χ0n) is 5.89. The largest absolute Gasteiger partial charge is 0.302 e. The molecule has 1 aliphatic rings. The second-order valence-electron chi connectivity index (χ2n) is 2.52. The van der Waals surface area contributed by atoms with Gasteiger partial charge in [-0.2, -0.15) is 0 Å². The monoisotopic (exact) mass is 132 g/mol. The highest BCUT2D eigenvalue weighted by Gasteiger charge is 2.29. The molecule has 1 unspecified atom stereocenters. The van der Waals surface area contributed by atoms with Crippen LogP contribution in [-0.4, -0.2) is 37.9 Å². The number of hydrogen-bond acceptors (Lipinski definition) is 2. The van der Waals surface area contributed by atoms with Gasteiger partial charge in [-0.1, -0.05) is 0 Å². The molecule has 1 fully saturated rings. The molecule has 0 amide bonds. The van der Waals surface area contributed by atoms with E-state index in [1.54, 1.807) is 7.05 Å². The van der Waals surface area contributed by atoms with Gasteiger partial charge in [0.25, 0.3) is 0 Å². The molecule has 0 aromatic rings. The molecule has 1 aliphatic heterocycles. The van der Waals surface area contributed by atoms with E-state index in [1.807, 2.05) is 11.9 Å². The fraction of sp³-hybridized carbons (Fsp3) is 1.00. The van der Waals surface area contributed by atoms with Crippen LogP contribution in [0.4, 0.5) is 4.39 Å². The molecule has 1 N–H and O–H groups in total. The maximum Gasteiger partial charge on any atom is 0.130 e. The number of alkyl halides is 1. The molecule has 1 saturated heterocycles. The van der Waals surface area contributed by atoms with Crippen LogP contribution < -0.4 is 5.32 Å². The topological polar surface area (TPSA) is 15.3 Å². The van der Waals surface area contributed by atoms with Crippen LogP contribution in [0.15, 0.2) is 0 Å². The molecule has 1 rings (SSSR count). The summed E-state index contributed by atoms with van der Waals surface area (Å²) in [6, 6.07) is 0. The van der Waals surface area contributed by atoms with E-state index in [-0.39, 0.29) is 6.17 Å². The minimum atomic E-state index is -0.681. The van der Waals surface area contributed by atoms with Crippen LogP contribution in [0, 0.1) is 0 Å². The summed E-state index contributed by atoms with van der Waals surface area (Å²) in [6.07, 6.45) is -0.0628. The summed E-state index contributed by atoms with van der Waals surface area (Å²) < 4.78 is 12.7. The van der Waals surface area contributed by atoms with Crippen molar-refractivity contribution in [1.82, 2.24) is 10.2 Å². The molecule has 2 atom stereocenters. The molecule has 0 bridgehead atoms. The summed E-state index contributed by atoms with van der Waals surface area (Å²) in [5.74, 6) is 0. The first-order valence-electron chi connectivity index (χ1n) is 3.27. The van der Waals surface area contributed by atoms with Crippen LogP contribution in [0.25, 0.3) is 0 Å². The molecule has 1 heterocycles. The molecule has 2 nitrogen and oxygen atoms in total. The molecule has 9 heavy (non-hydrogen) atoms. The van der Waals surface area contributed by atoms with E-state index in [0.717, 1.165) is 6.54 Å². The number of hydrogen-bond donors (Lipinski definition) is 1. The first kappa shape index (κ1) is 6.96. The van der Waals surface area contributed by atoms with Crippen molar-refractivity contribution in [2.45, 2.75) is 18.8 Å². The lowest BCUT2D eigenvalue weighted by atomic mass is 10.3. The average molecular weight is 132 g/mol. The predicted molar refractivity (Wildman–Crippen MR) is 35.0 cm³/mol. The fourth-order valence-corrected chi connectivity index (χ4v) is 1.30. The van der Waals surface area contributed by atoms with Gasteiger partial charge in [-0.05, 0) is 20.5 Å². The van der Waals surface area contributed by atoms with Crippen molar-refractivity contribution in [3.05, 3.63) is 0 Å². The number of nitrogens with zero attached hydrogens (tertiary/aromatic N) is 1. The Balaban J connectivity index is 2.44. The third-order valence-corrected chi connectivity index (χ3v) is 1.87. The molecule has 0 saturated carbocycles. The van der Waals surface area contributed by atoms with Crippen LogP contribution >= 0.6 is 0 Å². The molecule has 0 radical (unpaired) electrons. The average Bonchev–Trinajstić information content (AvgIpc) is 2.12. The lowest BCUT2D eigenvalue weighted by Crippen LogP contribution is -2.41. The number of rotatable bonds is 1. The molecule has 0 aliphatic carbocycles. The van der Waals surface area contributed by atoms with Gasteiger partial charge in [0.15, 0.2) is 0 Å². The summed E-state index contributed by atoms with van der Waals surface area (Å²) >= 11 is 0. The quantitative estimate of drug-likeness (QED) is 0.548. The van der Waals surface area contributed by atoms with Gasteiger partial charge in [-0.15, -0.1) is 0 Å². The smallest absolute Gasteiger partial charge is 0.130 e. The van der Waals surface area contributed by atoms with Gasteiger partial charge in [-0.3, -0.25) is 4.90 Å². The van der Waals surface area contributed by atoms with Gasteiger partial charge in [0.1, 0.15) is 6.17 Å². The zero-order valence-corrected chi connectivity index (χ0v) is 5.89. The lowest BCUT2D eigenvalue weighted by molar-refractivity contribution is 0.195. The number of likely N-dealkylation sites (tertiary alicyclic amines) is 1. The maximum absolute atomic E-state index is 12.7. The summed E-state index contributed by atoms with van der Waals surface area (Å²) in [7, 11) is 3.72. The summed E-state index contributed by atoms with van der Waals surface area (Å²) in [6.45, 7) is 0.868. The zero-order chi connectivity index (χ0) is 6.85. The van der Waals surface area contributed by atoms with E-state index < -0.39 is 6.17 Å². The maximum atomic E-state index is 12.7. The highest BCUT2D eigenvalue weighted by atomic mass is 19.1. The third-order valence-electron chi connectivity index (χ3n) is 1.87. The van der Waals surface area contributed by atoms with Gasteiger partial charge in [0.05, 0.1) is 6.17 Å². The SMILES string of the molecule is CN[C@H]1C(F)CCN1C. The number of nitrogens with one attached hydrogen (secondary N) is 1. The highest BCUT2D eigenvalue weighted by molar-refractivity contribution is 4.81. The Kier molecular flexibility index (Phi) is 2.03. The fourth-order valence-electron chi connectivity index (χ4n) is 1.30. The van der Waals surface area contributed by atoms with Crippen LogP contribution in [0.5, 0.6) is 0 Å². The summed E-state index contributed by atoms with van der Waals surface area (Å²) in [4.78, 5) is 1.99. The van der Waals surface area contributed by atoms with Gasteiger partial charge in [-0.25, -0.2) is 4.39 Å². The van der Waals surface area contributed by atoms with Crippen molar-refractivity contribution in [3.8, 4) is 0 Å². The summed E-state index contributed by atoms with van der Waals surface area (Å²) in [5, 5.41) is 2.91. The molecule has 0 spiro atoms. The third kappa shape index (κ3) is 1.22. The van der Waals surface area contributed by atoms with Crippen molar-refractivity contribution in [2.24, 2.45) is 0 Å². The Morgan fingerprint density at radius 1 is 1.67 bits per heavy atom. The van der Waals surface area contributed by atoms with Crippen molar-refractivity contribution in [3.63, 3.8) is 0 Å². The Bertz CT molecular complexity index is 87.1. The van der Waals surface area contributed by atoms with Crippen molar-refractivity contribution < 1.29 is 4.39 Å². The van der Waals surface area contributed by atoms with Gasteiger partial charge in [0.2, 0.25) is 0 Å². The minimum absolute atomic E-state index is 0.0509. The van der Waals surface area contributed by atoms with Crippen molar-refractivity contribution in [2.75, 3.05) is 20.6 Å². The Labute approximate surface area is 55.0 Å². The molecule has 54 valence electrons. The Hall–Kier alpha value is -0.150. The number of halogens is 1. The van der Waals surface area contributed by atoms with E-state index in [2.05, 4.69) is 5.32 Å². The normalized spacial score (nSPS) is 37.7. The first-order valence-corrected chi connectivity index (χ1v) is 3.27. The van der Waals surface area contributed by atoms with E-state index in [0.29, 0.717) is 6.42 Å². The Morgan fingerprint density at radius 2 is 2.33 bits per heavy atom. The molecular weight excluding hydrogens is 119 g/mol. The van der Waals surface area contributed by atoms with Gasteiger partial charge < -0.3 is 5.32 Å². The van der Waals surface area contributed by atoms with Gasteiger partial charge in [0, 0.05) is 6.54 Å². The lowest BCUT2D eigenvalue weighted by Gasteiger charge is -2.19. The molecule has 0 aromatic carbocycles. The van der Waals surface area contributed by atoms with Crippen molar-refractivity contribution >= 4 is 0 Å². The van der Waals surface area contributed by atoms with Crippen molar-refractivity contribution in [1.29, 1.82) is 0 Å². The van der Waals surface area contributed by atoms with E-state index in [9.17, 15) is 4.39 Å². The van der Waals surface area contributed by atoms with Crippen LogP contribution in [0.3, 0.4) is 0 Å².